The van der Waals surface area contributed by atoms with Gasteiger partial charge in [-0.15, -0.1) is 0 Å². The van der Waals surface area contributed by atoms with Gasteiger partial charge in [-0.05, 0) is 31.4 Å². The second-order valence-corrected chi connectivity index (χ2v) is 8.07. The SMILES string of the molecule is COC(=O)N1CCc2c(c(N(C)c3ccc(C)c(OC(F)F)c3)nn2C2CCOCC2)C1. The van der Waals surface area contributed by atoms with E-state index in [4.69, 9.17) is 14.6 Å². The molecule has 8 nitrogen and oxygen atoms in total. The third-order valence-corrected chi connectivity index (χ3v) is 6.13. The van der Waals surface area contributed by atoms with Crippen molar-refractivity contribution in [3.05, 3.63) is 35.0 Å². The van der Waals surface area contributed by atoms with Crippen LogP contribution >= 0.6 is 0 Å². The largest absolute Gasteiger partial charge is 0.453 e. The summed E-state index contributed by atoms with van der Waals surface area (Å²) in [7, 11) is 3.21. The third kappa shape index (κ3) is 4.36. The lowest BCUT2D eigenvalue weighted by Crippen LogP contribution is -2.37. The fourth-order valence-corrected chi connectivity index (χ4v) is 4.36. The Kier molecular flexibility index (Phi) is 6.50. The number of amides is 1. The Morgan fingerprint density at radius 1 is 1.31 bits per heavy atom. The van der Waals surface area contributed by atoms with Gasteiger partial charge in [-0.2, -0.15) is 13.9 Å². The van der Waals surface area contributed by atoms with Gasteiger partial charge in [-0.25, -0.2) is 4.79 Å². The number of alkyl halides is 2. The highest BCUT2D eigenvalue weighted by molar-refractivity contribution is 5.70. The lowest BCUT2D eigenvalue weighted by Gasteiger charge is -2.29. The van der Waals surface area contributed by atoms with Gasteiger partial charge < -0.3 is 24.0 Å². The number of halogens is 2. The molecule has 3 heterocycles. The molecule has 2 aliphatic heterocycles. The number of ether oxygens (including phenoxy) is 3. The number of nitrogens with zero attached hydrogens (tertiary/aromatic N) is 4. The Morgan fingerprint density at radius 3 is 2.75 bits per heavy atom. The number of carbonyl (C=O) groups is 1. The Bertz CT molecular complexity index is 975. The van der Waals surface area contributed by atoms with E-state index in [1.165, 1.54) is 7.11 Å². The van der Waals surface area contributed by atoms with Crippen molar-refractivity contribution in [2.75, 3.05) is 38.8 Å². The molecule has 1 amide bonds. The Morgan fingerprint density at radius 2 is 2.06 bits per heavy atom. The van der Waals surface area contributed by atoms with E-state index in [1.807, 2.05) is 18.0 Å². The van der Waals surface area contributed by atoms with Gasteiger partial charge in [0.1, 0.15) is 5.75 Å². The number of anilines is 2. The maximum absolute atomic E-state index is 12.8. The summed E-state index contributed by atoms with van der Waals surface area (Å²) in [5.41, 5.74) is 3.32. The van der Waals surface area contributed by atoms with E-state index in [2.05, 4.69) is 9.42 Å². The van der Waals surface area contributed by atoms with Crippen LogP contribution in [0.2, 0.25) is 0 Å². The second-order valence-electron chi connectivity index (χ2n) is 8.07. The van der Waals surface area contributed by atoms with Gasteiger partial charge in [0.15, 0.2) is 5.82 Å². The smallest absolute Gasteiger partial charge is 0.409 e. The van der Waals surface area contributed by atoms with E-state index in [9.17, 15) is 13.6 Å². The summed E-state index contributed by atoms with van der Waals surface area (Å²) < 4.78 is 42.8. The molecule has 0 radical (unpaired) electrons. The predicted octanol–water partition coefficient (Wildman–Crippen LogP) is 4.04. The van der Waals surface area contributed by atoms with Crippen molar-refractivity contribution in [1.82, 2.24) is 14.7 Å². The first-order chi connectivity index (χ1) is 15.4. The highest BCUT2D eigenvalue weighted by atomic mass is 19.3. The van der Waals surface area contributed by atoms with Crippen LogP contribution in [-0.2, 0) is 22.4 Å². The molecule has 0 aliphatic carbocycles. The minimum absolute atomic E-state index is 0.123. The number of methoxy groups -OCH3 is 1. The van der Waals surface area contributed by atoms with E-state index >= 15 is 0 Å². The zero-order valence-electron chi connectivity index (χ0n) is 18.5. The summed E-state index contributed by atoms with van der Waals surface area (Å²) in [5, 5.41) is 4.94. The predicted molar refractivity (Wildman–Crippen MR) is 114 cm³/mol. The minimum Gasteiger partial charge on any atom is -0.453 e. The van der Waals surface area contributed by atoms with Crippen LogP contribution in [0, 0.1) is 6.92 Å². The first kappa shape index (κ1) is 22.3. The minimum atomic E-state index is -2.90. The molecule has 2 aromatic rings. The Labute approximate surface area is 185 Å². The number of hydrogen-bond acceptors (Lipinski definition) is 6. The lowest BCUT2D eigenvalue weighted by molar-refractivity contribution is -0.0502. The van der Waals surface area contributed by atoms with Crippen LogP contribution in [0.1, 0.15) is 35.7 Å². The van der Waals surface area contributed by atoms with Crippen molar-refractivity contribution < 1.29 is 27.8 Å². The average molecular weight is 450 g/mol. The number of benzene rings is 1. The fourth-order valence-electron chi connectivity index (χ4n) is 4.36. The van der Waals surface area contributed by atoms with E-state index in [0.717, 1.165) is 24.1 Å². The molecule has 0 spiro atoms. The fraction of sp³-hybridized carbons (Fsp3) is 0.545. The zero-order chi connectivity index (χ0) is 22.8. The maximum atomic E-state index is 12.8. The second kappa shape index (κ2) is 9.32. The number of fused-ring (bicyclic) bond motifs is 1. The van der Waals surface area contributed by atoms with Gasteiger partial charge in [-0.1, -0.05) is 6.07 Å². The topological polar surface area (TPSA) is 69.1 Å². The van der Waals surface area contributed by atoms with Crippen molar-refractivity contribution in [2.24, 2.45) is 0 Å². The van der Waals surface area contributed by atoms with Crippen molar-refractivity contribution in [2.45, 2.75) is 45.4 Å². The molecule has 0 saturated carbocycles. The molecule has 0 atom stereocenters. The van der Waals surface area contributed by atoms with Gasteiger partial charge in [-0.3, -0.25) is 4.68 Å². The Balaban J connectivity index is 1.73. The molecule has 4 rings (SSSR count). The molecule has 0 bridgehead atoms. The van der Waals surface area contributed by atoms with E-state index < -0.39 is 6.61 Å². The molecule has 1 fully saturated rings. The molecule has 10 heteroatoms. The summed E-state index contributed by atoms with van der Waals surface area (Å²) in [6.45, 7) is 1.11. The summed E-state index contributed by atoms with van der Waals surface area (Å²) in [5.74, 6) is 0.810. The monoisotopic (exact) mass is 450 g/mol. The molecule has 2 aliphatic rings. The Hall–Kier alpha value is -2.88. The van der Waals surface area contributed by atoms with Crippen LogP contribution in [0.25, 0.3) is 0 Å². The first-order valence-electron chi connectivity index (χ1n) is 10.7. The van der Waals surface area contributed by atoms with Gasteiger partial charge in [0.2, 0.25) is 0 Å². The van der Waals surface area contributed by atoms with Crippen LogP contribution in [0.4, 0.5) is 25.1 Å². The van der Waals surface area contributed by atoms with Gasteiger partial charge in [0.25, 0.3) is 0 Å². The maximum Gasteiger partial charge on any atom is 0.409 e. The molecule has 0 unspecified atom stereocenters. The van der Waals surface area contributed by atoms with Crippen molar-refractivity contribution in [3.8, 4) is 5.75 Å². The molecule has 1 aromatic heterocycles. The highest BCUT2D eigenvalue weighted by Crippen LogP contribution is 2.37. The van der Waals surface area contributed by atoms with Gasteiger partial charge in [0.05, 0.1) is 19.7 Å². The summed E-state index contributed by atoms with van der Waals surface area (Å²) in [6, 6.07) is 5.39. The van der Waals surface area contributed by atoms with Crippen LogP contribution in [-0.4, -0.2) is 61.3 Å². The number of hydrogen-bond donors (Lipinski definition) is 0. The molecule has 32 heavy (non-hydrogen) atoms. The first-order valence-corrected chi connectivity index (χ1v) is 10.7. The van der Waals surface area contributed by atoms with Crippen LogP contribution in [0.5, 0.6) is 5.75 Å². The molecule has 1 aromatic carbocycles. The number of aryl methyl sites for hydroxylation is 1. The standard InChI is InChI=1S/C22H28F2N4O4/c1-14-4-5-16(12-19(14)32-21(23)24)26(2)20-17-13-27(22(29)30-3)9-6-18(17)28(25-20)15-7-10-31-11-8-15/h4-5,12,15,21H,6-11,13H2,1-3H3. The summed E-state index contributed by atoms with van der Waals surface area (Å²) in [4.78, 5) is 15.7. The third-order valence-electron chi connectivity index (χ3n) is 6.13. The van der Waals surface area contributed by atoms with Crippen LogP contribution in [0.3, 0.4) is 0 Å². The number of aromatic nitrogens is 2. The van der Waals surface area contributed by atoms with Crippen LogP contribution in [0.15, 0.2) is 18.2 Å². The molecule has 1 saturated heterocycles. The van der Waals surface area contributed by atoms with E-state index in [-0.39, 0.29) is 17.9 Å². The van der Waals surface area contributed by atoms with Crippen molar-refractivity contribution in [3.63, 3.8) is 0 Å². The summed E-state index contributed by atoms with van der Waals surface area (Å²) >= 11 is 0. The number of carbonyl (C=O) groups excluding carboxylic acids is 1. The molecule has 0 N–H and O–H groups in total. The van der Waals surface area contributed by atoms with E-state index in [1.54, 1.807) is 24.0 Å². The van der Waals surface area contributed by atoms with Crippen LogP contribution < -0.4 is 9.64 Å². The molecular weight excluding hydrogens is 422 g/mol. The van der Waals surface area contributed by atoms with Gasteiger partial charge >= 0.3 is 12.7 Å². The highest BCUT2D eigenvalue weighted by Gasteiger charge is 2.32. The van der Waals surface area contributed by atoms with E-state index in [0.29, 0.717) is 49.8 Å². The van der Waals surface area contributed by atoms with Gasteiger partial charge in [0, 0.05) is 56.2 Å². The van der Waals surface area contributed by atoms with Crippen molar-refractivity contribution >= 4 is 17.6 Å². The quantitative estimate of drug-likeness (QED) is 0.685. The normalized spacial score (nSPS) is 16.8. The average Bonchev–Trinajstić information content (AvgIpc) is 3.18. The van der Waals surface area contributed by atoms with Crippen molar-refractivity contribution in [1.29, 1.82) is 0 Å². The molecule has 174 valence electrons. The number of rotatable bonds is 5. The summed E-state index contributed by atoms with van der Waals surface area (Å²) in [6.07, 6.45) is 2.02. The lowest BCUT2D eigenvalue weighted by atomic mass is 10.0. The zero-order valence-corrected chi connectivity index (χ0v) is 18.5. The molecular formula is C22H28F2N4O4.